The Balaban J connectivity index is 2.06. The maximum Gasteiger partial charge on any atom is 0.203 e. The summed E-state index contributed by atoms with van der Waals surface area (Å²) in [6.45, 7) is 4.20. The SMILES string of the molecule is CCCc1nsc(NC(C)c2ccccc2N)n1. The minimum absolute atomic E-state index is 0.133. The zero-order valence-electron chi connectivity index (χ0n) is 10.7. The van der Waals surface area contributed by atoms with Crippen molar-refractivity contribution in [2.45, 2.75) is 32.7 Å². The number of rotatable bonds is 5. The van der Waals surface area contributed by atoms with Gasteiger partial charge in [-0.1, -0.05) is 25.1 Å². The van der Waals surface area contributed by atoms with Gasteiger partial charge < -0.3 is 11.1 Å². The highest BCUT2D eigenvalue weighted by molar-refractivity contribution is 7.09. The summed E-state index contributed by atoms with van der Waals surface area (Å²) < 4.78 is 4.31. The van der Waals surface area contributed by atoms with Crippen LogP contribution in [0.3, 0.4) is 0 Å². The molecule has 0 radical (unpaired) electrons. The molecule has 1 aromatic carbocycles. The van der Waals surface area contributed by atoms with E-state index in [1.54, 1.807) is 0 Å². The van der Waals surface area contributed by atoms with Gasteiger partial charge >= 0.3 is 0 Å². The topological polar surface area (TPSA) is 63.8 Å². The Morgan fingerprint density at radius 2 is 2.17 bits per heavy atom. The predicted molar refractivity (Wildman–Crippen MR) is 76.8 cm³/mol. The van der Waals surface area contributed by atoms with Gasteiger partial charge in [-0.25, -0.2) is 4.98 Å². The number of hydrogen-bond donors (Lipinski definition) is 2. The van der Waals surface area contributed by atoms with Crippen molar-refractivity contribution in [2.75, 3.05) is 11.1 Å². The van der Waals surface area contributed by atoms with Gasteiger partial charge in [-0.15, -0.1) is 0 Å². The van der Waals surface area contributed by atoms with E-state index in [0.29, 0.717) is 0 Å². The maximum atomic E-state index is 5.96. The van der Waals surface area contributed by atoms with Crippen molar-refractivity contribution < 1.29 is 0 Å². The van der Waals surface area contributed by atoms with Crippen LogP contribution >= 0.6 is 11.5 Å². The standard InChI is InChI=1S/C13H18N4S/c1-3-6-12-16-13(18-17-12)15-9(2)10-7-4-5-8-11(10)14/h4-5,7-9H,3,6,14H2,1-2H3,(H,15,16,17). The van der Waals surface area contributed by atoms with Gasteiger partial charge in [-0.2, -0.15) is 4.37 Å². The first-order valence-corrected chi connectivity index (χ1v) is 6.91. The Morgan fingerprint density at radius 3 is 2.89 bits per heavy atom. The number of anilines is 2. The molecule has 1 aromatic heterocycles. The van der Waals surface area contributed by atoms with Crippen molar-refractivity contribution in [3.63, 3.8) is 0 Å². The van der Waals surface area contributed by atoms with Gasteiger partial charge in [0, 0.05) is 23.6 Å². The molecule has 18 heavy (non-hydrogen) atoms. The number of nitrogens with one attached hydrogen (secondary N) is 1. The number of nitrogen functional groups attached to an aromatic ring is 1. The molecule has 0 saturated carbocycles. The van der Waals surface area contributed by atoms with Crippen LogP contribution in [0.4, 0.5) is 10.8 Å². The predicted octanol–water partition coefficient (Wildman–Crippen LogP) is 3.25. The van der Waals surface area contributed by atoms with Crippen LogP contribution in [0, 0.1) is 0 Å². The molecule has 1 heterocycles. The molecular formula is C13H18N4S. The molecular weight excluding hydrogens is 244 g/mol. The lowest BCUT2D eigenvalue weighted by molar-refractivity contribution is 0.849. The van der Waals surface area contributed by atoms with Gasteiger partial charge in [0.25, 0.3) is 0 Å². The molecule has 1 atom stereocenters. The van der Waals surface area contributed by atoms with E-state index >= 15 is 0 Å². The molecule has 0 aliphatic heterocycles. The molecule has 0 aliphatic rings. The molecule has 2 rings (SSSR count). The summed E-state index contributed by atoms with van der Waals surface area (Å²) in [4.78, 5) is 4.45. The van der Waals surface area contributed by atoms with Crippen LogP contribution in [-0.2, 0) is 6.42 Å². The number of aromatic nitrogens is 2. The first-order valence-electron chi connectivity index (χ1n) is 6.14. The summed E-state index contributed by atoms with van der Waals surface area (Å²) in [5.41, 5.74) is 7.84. The van der Waals surface area contributed by atoms with Crippen molar-refractivity contribution >= 4 is 22.4 Å². The van der Waals surface area contributed by atoms with Gasteiger partial charge in [0.05, 0.1) is 6.04 Å². The van der Waals surface area contributed by atoms with E-state index in [0.717, 1.165) is 35.0 Å². The first kappa shape index (κ1) is 12.8. The molecule has 4 nitrogen and oxygen atoms in total. The fourth-order valence-corrected chi connectivity index (χ4v) is 2.51. The molecule has 0 saturated heterocycles. The minimum Gasteiger partial charge on any atom is -0.398 e. The van der Waals surface area contributed by atoms with E-state index in [1.165, 1.54) is 11.5 Å². The van der Waals surface area contributed by atoms with Gasteiger partial charge in [-0.3, -0.25) is 0 Å². The fourth-order valence-electron chi connectivity index (χ4n) is 1.81. The largest absolute Gasteiger partial charge is 0.398 e. The Labute approximate surface area is 111 Å². The van der Waals surface area contributed by atoms with Crippen molar-refractivity contribution in [3.05, 3.63) is 35.7 Å². The fraction of sp³-hybridized carbons (Fsp3) is 0.385. The number of benzene rings is 1. The quantitative estimate of drug-likeness (QED) is 0.812. The van der Waals surface area contributed by atoms with Gasteiger partial charge in [-0.05, 0) is 25.0 Å². The van der Waals surface area contributed by atoms with E-state index in [-0.39, 0.29) is 6.04 Å². The van der Waals surface area contributed by atoms with Crippen LogP contribution in [0.15, 0.2) is 24.3 Å². The molecule has 1 unspecified atom stereocenters. The average molecular weight is 262 g/mol. The Kier molecular flexibility index (Phi) is 4.15. The van der Waals surface area contributed by atoms with Crippen LogP contribution < -0.4 is 11.1 Å². The molecule has 0 spiro atoms. The van der Waals surface area contributed by atoms with Crippen LogP contribution in [-0.4, -0.2) is 9.36 Å². The van der Waals surface area contributed by atoms with Crippen molar-refractivity contribution in [1.82, 2.24) is 9.36 Å². The third kappa shape index (κ3) is 2.98. The highest BCUT2D eigenvalue weighted by atomic mass is 32.1. The van der Waals surface area contributed by atoms with Gasteiger partial charge in [0.2, 0.25) is 5.13 Å². The number of nitrogens with zero attached hydrogens (tertiary/aromatic N) is 2. The lowest BCUT2D eigenvalue weighted by Crippen LogP contribution is -2.08. The van der Waals surface area contributed by atoms with Crippen molar-refractivity contribution in [1.29, 1.82) is 0 Å². The van der Waals surface area contributed by atoms with Crippen LogP contribution in [0.1, 0.15) is 37.7 Å². The van der Waals surface area contributed by atoms with Gasteiger partial charge in [0.15, 0.2) is 0 Å². The third-order valence-corrected chi connectivity index (χ3v) is 3.43. The minimum atomic E-state index is 0.133. The number of hydrogen-bond acceptors (Lipinski definition) is 5. The second kappa shape index (κ2) is 5.82. The maximum absolute atomic E-state index is 5.96. The smallest absolute Gasteiger partial charge is 0.203 e. The summed E-state index contributed by atoms with van der Waals surface area (Å²) in [7, 11) is 0. The zero-order valence-corrected chi connectivity index (χ0v) is 11.5. The summed E-state index contributed by atoms with van der Waals surface area (Å²) in [6, 6.07) is 8.01. The molecule has 0 amide bonds. The van der Waals surface area contributed by atoms with Crippen molar-refractivity contribution in [3.8, 4) is 0 Å². The summed E-state index contributed by atoms with van der Waals surface area (Å²) in [5, 5.41) is 4.20. The normalized spacial score (nSPS) is 12.3. The third-order valence-electron chi connectivity index (χ3n) is 2.74. The molecule has 5 heteroatoms. The van der Waals surface area contributed by atoms with E-state index in [4.69, 9.17) is 5.73 Å². The average Bonchev–Trinajstić information content (AvgIpc) is 2.77. The lowest BCUT2D eigenvalue weighted by atomic mass is 10.1. The molecule has 96 valence electrons. The second-order valence-electron chi connectivity index (χ2n) is 4.26. The summed E-state index contributed by atoms with van der Waals surface area (Å²) in [5.74, 6) is 0.915. The van der Waals surface area contributed by atoms with E-state index < -0.39 is 0 Å². The van der Waals surface area contributed by atoms with Gasteiger partial charge in [0.1, 0.15) is 5.82 Å². The first-order chi connectivity index (χ1) is 8.70. The summed E-state index contributed by atoms with van der Waals surface area (Å²) in [6.07, 6.45) is 2.00. The van der Waals surface area contributed by atoms with E-state index in [1.807, 2.05) is 24.3 Å². The van der Waals surface area contributed by atoms with Crippen molar-refractivity contribution in [2.24, 2.45) is 0 Å². The Morgan fingerprint density at radius 1 is 1.39 bits per heavy atom. The van der Waals surface area contributed by atoms with Crippen LogP contribution in [0.5, 0.6) is 0 Å². The highest BCUT2D eigenvalue weighted by Crippen LogP contribution is 2.24. The molecule has 0 bridgehead atoms. The number of para-hydroxylation sites is 1. The monoisotopic (exact) mass is 262 g/mol. The molecule has 3 N–H and O–H groups in total. The zero-order chi connectivity index (χ0) is 13.0. The Bertz CT molecular complexity index is 509. The van der Waals surface area contributed by atoms with E-state index in [2.05, 4.69) is 28.5 Å². The summed E-state index contributed by atoms with van der Waals surface area (Å²) >= 11 is 1.41. The molecule has 2 aromatic rings. The highest BCUT2D eigenvalue weighted by Gasteiger charge is 2.11. The van der Waals surface area contributed by atoms with E-state index in [9.17, 15) is 0 Å². The number of nitrogens with two attached hydrogens (primary N) is 1. The Hall–Kier alpha value is -1.62. The second-order valence-corrected chi connectivity index (χ2v) is 5.01. The van der Waals surface area contributed by atoms with Crippen LogP contribution in [0.2, 0.25) is 0 Å². The van der Waals surface area contributed by atoms with Crippen LogP contribution in [0.25, 0.3) is 0 Å². The molecule has 0 aliphatic carbocycles. The molecule has 0 fully saturated rings. The number of aryl methyl sites for hydroxylation is 1. The lowest BCUT2D eigenvalue weighted by Gasteiger charge is -2.14.